The van der Waals surface area contributed by atoms with E-state index in [4.69, 9.17) is 10.5 Å². The number of anilines is 2. The van der Waals surface area contributed by atoms with Crippen molar-refractivity contribution in [1.82, 2.24) is 9.97 Å². The van der Waals surface area contributed by atoms with Gasteiger partial charge in [-0.25, -0.2) is 4.98 Å². The molecule has 0 aromatic carbocycles. The van der Waals surface area contributed by atoms with Gasteiger partial charge in [0.2, 0.25) is 5.88 Å². The SMILES string of the molecule is C=CCNc1nc(C)nc(OCCC)c1N. The Bertz CT molecular complexity index is 365. The lowest BCUT2D eigenvalue weighted by Crippen LogP contribution is -2.10. The molecule has 0 unspecified atom stereocenters. The topological polar surface area (TPSA) is 73.1 Å². The van der Waals surface area contributed by atoms with Gasteiger partial charge in [-0.05, 0) is 13.3 Å². The van der Waals surface area contributed by atoms with Gasteiger partial charge >= 0.3 is 0 Å². The second-order valence-corrected chi connectivity index (χ2v) is 3.36. The standard InChI is InChI=1S/C11H18N4O/c1-4-6-13-10-9(12)11(16-7-5-2)15-8(3)14-10/h4H,1,5-7,12H2,2-3H3,(H,13,14,15). The van der Waals surface area contributed by atoms with E-state index in [1.807, 2.05) is 6.92 Å². The predicted octanol–water partition coefficient (Wildman–Crippen LogP) is 1.75. The summed E-state index contributed by atoms with van der Waals surface area (Å²) in [5.41, 5.74) is 6.33. The lowest BCUT2D eigenvalue weighted by Gasteiger charge is -2.11. The molecule has 5 nitrogen and oxygen atoms in total. The summed E-state index contributed by atoms with van der Waals surface area (Å²) in [5.74, 6) is 1.67. The van der Waals surface area contributed by atoms with Crippen molar-refractivity contribution in [2.24, 2.45) is 0 Å². The maximum absolute atomic E-state index is 5.89. The first-order valence-electron chi connectivity index (χ1n) is 5.30. The van der Waals surface area contributed by atoms with E-state index in [9.17, 15) is 0 Å². The molecule has 0 aliphatic carbocycles. The molecule has 0 atom stereocenters. The zero-order chi connectivity index (χ0) is 12.0. The third kappa shape index (κ3) is 3.12. The molecule has 1 aromatic rings. The molecule has 0 bridgehead atoms. The van der Waals surface area contributed by atoms with Gasteiger partial charge in [-0.3, -0.25) is 0 Å². The molecule has 0 spiro atoms. The van der Waals surface area contributed by atoms with Crippen molar-refractivity contribution in [3.8, 4) is 5.88 Å². The van der Waals surface area contributed by atoms with Crippen molar-refractivity contribution in [3.05, 3.63) is 18.5 Å². The van der Waals surface area contributed by atoms with E-state index < -0.39 is 0 Å². The number of hydrogen-bond donors (Lipinski definition) is 2. The molecular formula is C11H18N4O. The molecule has 0 fully saturated rings. The number of aryl methyl sites for hydroxylation is 1. The van der Waals surface area contributed by atoms with Crippen molar-refractivity contribution in [2.75, 3.05) is 24.2 Å². The first-order valence-corrected chi connectivity index (χ1v) is 5.30. The lowest BCUT2D eigenvalue weighted by molar-refractivity contribution is 0.306. The van der Waals surface area contributed by atoms with Crippen LogP contribution in [0.4, 0.5) is 11.5 Å². The number of rotatable bonds is 6. The summed E-state index contributed by atoms with van der Waals surface area (Å²) < 4.78 is 5.45. The summed E-state index contributed by atoms with van der Waals surface area (Å²) in [6.07, 6.45) is 2.65. The van der Waals surface area contributed by atoms with Gasteiger partial charge in [0.05, 0.1) is 6.61 Å². The summed E-state index contributed by atoms with van der Waals surface area (Å²) >= 11 is 0. The van der Waals surface area contributed by atoms with E-state index in [1.54, 1.807) is 13.0 Å². The van der Waals surface area contributed by atoms with Gasteiger partial charge in [-0.1, -0.05) is 13.0 Å². The van der Waals surface area contributed by atoms with E-state index in [2.05, 4.69) is 21.9 Å². The fraction of sp³-hybridized carbons (Fsp3) is 0.455. The molecule has 0 aliphatic heterocycles. The first-order chi connectivity index (χ1) is 7.69. The molecule has 16 heavy (non-hydrogen) atoms. The fourth-order valence-electron chi connectivity index (χ4n) is 1.17. The van der Waals surface area contributed by atoms with Crippen LogP contribution in [0.2, 0.25) is 0 Å². The number of ether oxygens (including phenoxy) is 1. The zero-order valence-electron chi connectivity index (χ0n) is 9.79. The van der Waals surface area contributed by atoms with Gasteiger partial charge in [0.1, 0.15) is 11.5 Å². The largest absolute Gasteiger partial charge is 0.476 e. The van der Waals surface area contributed by atoms with Gasteiger partial charge in [0, 0.05) is 6.54 Å². The summed E-state index contributed by atoms with van der Waals surface area (Å²) in [6.45, 7) is 8.66. The van der Waals surface area contributed by atoms with E-state index in [0.29, 0.717) is 36.4 Å². The Labute approximate surface area is 95.7 Å². The van der Waals surface area contributed by atoms with Crippen LogP contribution in [0.15, 0.2) is 12.7 Å². The molecule has 1 aromatic heterocycles. The molecule has 5 heteroatoms. The van der Waals surface area contributed by atoms with Crippen LogP contribution in [0.1, 0.15) is 19.2 Å². The predicted molar refractivity (Wildman–Crippen MR) is 65.7 cm³/mol. The van der Waals surface area contributed by atoms with Crippen molar-refractivity contribution in [2.45, 2.75) is 20.3 Å². The minimum atomic E-state index is 0.445. The van der Waals surface area contributed by atoms with E-state index in [1.165, 1.54) is 0 Å². The van der Waals surface area contributed by atoms with Gasteiger partial charge in [0.25, 0.3) is 0 Å². The number of aromatic nitrogens is 2. The second kappa shape index (κ2) is 5.95. The average molecular weight is 222 g/mol. The van der Waals surface area contributed by atoms with Gasteiger partial charge < -0.3 is 15.8 Å². The molecular weight excluding hydrogens is 204 g/mol. The van der Waals surface area contributed by atoms with Crippen LogP contribution in [-0.4, -0.2) is 23.1 Å². The number of nitrogens with two attached hydrogens (primary N) is 1. The third-order valence-corrected chi connectivity index (χ3v) is 1.88. The molecule has 1 rings (SSSR count). The quantitative estimate of drug-likeness (QED) is 0.717. The zero-order valence-corrected chi connectivity index (χ0v) is 9.79. The lowest BCUT2D eigenvalue weighted by atomic mass is 10.4. The summed E-state index contributed by atoms with van der Waals surface area (Å²) in [6, 6.07) is 0. The monoisotopic (exact) mass is 222 g/mol. The highest BCUT2D eigenvalue weighted by Crippen LogP contribution is 2.25. The number of hydrogen-bond acceptors (Lipinski definition) is 5. The van der Waals surface area contributed by atoms with Crippen LogP contribution in [0.25, 0.3) is 0 Å². The van der Waals surface area contributed by atoms with E-state index in [0.717, 1.165) is 6.42 Å². The molecule has 0 amide bonds. The number of nitrogens with one attached hydrogen (secondary N) is 1. The van der Waals surface area contributed by atoms with Crippen LogP contribution < -0.4 is 15.8 Å². The van der Waals surface area contributed by atoms with Crippen LogP contribution in [0.5, 0.6) is 5.88 Å². The van der Waals surface area contributed by atoms with Crippen LogP contribution in [0, 0.1) is 6.92 Å². The fourth-order valence-corrected chi connectivity index (χ4v) is 1.17. The summed E-state index contributed by atoms with van der Waals surface area (Å²) in [4.78, 5) is 8.36. The maximum atomic E-state index is 5.89. The van der Waals surface area contributed by atoms with Crippen LogP contribution in [-0.2, 0) is 0 Å². The molecule has 0 aliphatic rings. The van der Waals surface area contributed by atoms with Crippen molar-refractivity contribution < 1.29 is 4.74 Å². The van der Waals surface area contributed by atoms with Gasteiger partial charge in [-0.2, -0.15) is 4.98 Å². The summed E-state index contributed by atoms with van der Waals surface area (Å²) in [5, 5.41) is 3.05. The molecule has 3 N–H and O–H groups in total. The molecule has 0 saturated heterocycles. The highest BCUT2D eigenvalue weighted by atomic mass is 16.5. The smallest absolute Gasteiger partial charge is 0.242 e. The molecule has 1 heterocycles. The molecule has 0 saturated carbocycles. The highest BCUT2D eigenvalue weighted by molar-refractivity contribution is 5.67. The van der Waals surface area contributed by atoms with Gasteiger partial charge in [-0.15, -0.1) is 6.58 Å². The van der Waals surface area contributed by atoms with Crippen LogP contribution >= 0.6 is 0 Å². The highest BCUT2D eigenvalue weighted by Gasteiger charge is 2.10. The number of nitrogen functional groups attached to an aromatic ring is 1. The molecule has 88 valence electrons. The third-order valence-electron chi connectivity index (χ3n) is 1.88. The van der Waals surface area contributed by atoms with Crippen molar-refractivity contribution >= 4 is 11.5 Å². The Morgan fingerprint density at radius 3 is 2.88 bits per heavy atom. The molecule has 0 radical (unpaired) electrons. The van der Waals surface area contributed by atoms with Crippen LogP contribution in [0.3, 0.4) is 0 Å². The van der Waals surface area contributed by atoms with Crippen molar-refractivity contribution in [3.63, 3.8) is 0 Å². The normalized spacial score (nSPS) is 9.88. The Morgan fingerprint density at radius 2 is 2.25 bits per heavy atom. The minimum Gasteiger partial charge on any atom is -0.476 e. The maximum Gasteiger partial charge on any atom is 0.242 e. The van der Waals surface area contributed by atoms with E-state index >= 15 is 0 Å². The number of nitrogens with zero attached hydrogens (tertiary/aromatic N) is 2. The first kappa shape index (κ1) is 12.3. The second-order valence-electron chi connectivity index (χ2n) is 3.36. The minimum absolute atomic E-state index is 0.445. The average Bonchev–Trinajstić information content (AvgIpc) is 2.28. The Kier molecular flexibility index (Phi) is 4.57. The Balaban J connectivity index is 2.90. The van der Waals surface area contributed by atoms with Gasteiger partial charge in [0.15, 0.2) is 5.82 Å². The Morgan fingerprint density at radius 1 is 1.50 bits per heavy atom. The Hall–Kier alpha value is -1.78. The summed E-state index contributed by atoms with van der Waals surface area (Å²) in [7, 11) is 0. The van der Waals surface area contributed by atoms with Crippen molar-refractivity contribution in [1.29, 1.82) is 0 Å². The van der Waals surface area contributed by atoms with E-state index in [-0.39, 0.29) is 0 Å².